The number of anilines is 1. The smallest absolute Gasteiger partial charge is 0.125 e. The van der Waals surface area contributed by atoms with E-state index in [9.17, 15) is 4.39 Å². The van der Waals surface area contributed by atoms with E-state index in [1.54, 1.807) is 0 Å². The molecule has 1 nitrogen and oxygen atoms in total. The molecule has 0 spiro atoms. The van der Waals surface area contributed by atoms with Crippen molar-refractivity contribution in [1.82, 2.24) is 0 Å². The second-order valence-electron chi connectivity index (χ2n) is 1.77. The first-order chi connectivity index (χ1) is 5.39. The predicted octanol–water partition coefficient (Wildman–Crippen LogP) is 1.72. The number of nitrogen functional groups attached to an aromatic ring is 1. The topological polar surface area (TPSA) is 26.0 Å². The fourth-order valence-electron chi connectivity index (χ4n) is 0.612. The molecule has 0 saturated carbocycles. The maximum absolute atomic E-state index is 12.6. The van der Waals surface area contributed by atoms with E-state index in [1.165, 1.54) is 6.07 Å². The monoisotopic (exact) mass is 128 g/mol. The van der Waals surface area contributed by atoms with Crippen LogP contribution in [0.25, 0.3) is 0 Å². The third kappa shape index (κ3) is 1.42. The first-order valence-electron chi connectivity index (χ1n) is 3.96. The van der Waals surface area contributed by atoms with E-state index in [0.717, 1.165) is 12.1 Å². The third-order valence-electron chi connectivity index (χ3n) is 0.920. The van der Waals surface area contributed by atoms with Crippen molar-refractivity contribution in [2.45, 2.75) is 6.85 Å². The Morgan fingerprint density at radius 2 is 2.33 bits per heavy atom. The SMILES string of the molecule is [2H]C([2H])([2H])c1cc(N)cc(F)c1. The molecule has 0 unspecified atom stereocenters. The lowest BCUT2D eigenvalue weighted by Crippen LogP contribution is -1.86. The molecule has 1 rings (SSSR count). The Labute approximate surface area is 57.5 Å². The van der Waals surface area contributed by atoms with Gasteiger partial charge in [-0.3, -0.25) is 0 Å². The van der Waals surface area contributed by atoms with Crippen LogP contribution in [0.15, 0.2) is 18.2 Å². The van der Waals surface area contributed by atoms with Crippen molar-refractivity contribution < 1.29 is 8.50 Å². The van der Waals surface area contributed by atoms with Crippen molar-refractivity contribution >= 4 is 5.69 Å². The maximum atomic E-state index is 12.6. The molecule has 0 amide bonds. The molecule has 0 saturated heterocycles. The lowest BCUT2D eigenvalue weighted by molar-refractivity contribution is 0.627. The lowest BCUT2D eigenvalue weighted by atomic mass is 10.2. The van der Waals surface area contributed by atoms with Crippen LogP contribution in [0.5, 0.6) is 0 Å². The zero-order chi connectivity index (χ0) is 9.35. The van der Waals surface area contributed by atoms with Gasteiger partial charge in [0.15, 0.2) is 0 Å². The van der Waals surface area contributed by atoms with Crippen LogP contribution in [0.4, 0.5) is 10.1 Å². The molecule has 1 aromatic rings. The molecule has 0 radical (unpaired) electrons. The molecule has 0 aliphatic rings. The maximum Gasteiger partial charge on any atom is 0.125 e. The minimum atomic E-state index is -2.30. The number of rotatable bonds is 0. The highest BCUT2D eigenvalue weighted by molar-refractivity contribution is 5.40. The number of aryl methyl sites for hydroxylation is 1. The van der Waals surface area contributed by atoms with Gasteiger partial charge >= 0.3 is 0 Å². The summed E-state index contributed by atoms with van der Waals surface area (Å²) in [6.07, 6.45) is 0. The van der Waals surface area contributed by atoms with Crippen molar-refractivity contribution in [2.75, 3.05) is 5.73 Å². The summed E-state index contributed by atoms with van der Waals surface area (Å²) in [5.41, 5.74) is 5.32. The van der Waals surface area contributed by atoms with Gasteiger partial charge in [-0.25, -0.2) is 4.39 Å². The number of hydrogen-bond acceptors (Lipinski definition) is 1. The molecular formula is C7H8FN. The summed E-state index contributed by atoms with van der Waals surface area (Å²) in [5, 5.41) is 0. The van der Waals surface area contributed by atoms with Gasteiger partial charge < -0.3 is 5.73 Å². The van der Waals surface area contributed by atoms with E-state index in [4.69, 9.17) is 9.85 Å². The molecule has 0 heterocycles. The first kappa shape index (κ1) is 3.20. The van der Waals surface area contributed by atoms with E-state index in [0.29, 0.717) is 0 Å². The highest BCUT2D eigenvalue weighted by Crippen LogP contribution is 2.08. The van der Waals surface area contributed by atoms with Gasteiger partial charge in [-0.05, 0) is 30.6 Å². The van der Waals surface area contributed by atoms with Crippen molar-refractivity contribution in [3.8, 4) is 0 Å². The second kappa shape index (κ2) is 2.05. The Balaban J connectivity index is 3.18. The average Bonchev–Trinajstić information content (AvgIpc) is 1.82. The van der Waals surface area contributed by atoms with Crippen LogP contribution >= 0.6 is 0 Å². The van der Waals surface area contributed by atoms with Gasteiger partial charge in [-0.15, -0.1) is 0 Å². The first-order valence-corrected chi connectivity index (χ1v) is 2.46. The molecule has 1 aromatic carbocycles. The third-order valence-corrected chi connectivity index (χ3v) is 0.920. The molecule has 0 aliphatic carbocycles. The molecule has 2 heteroatoms. The van der Waals surface area contributed by atoms with Crippen LogP contribution in [0.1, 0.15) is 9.68 Å². The Hall–Kier alpha value is -1.05. The van der Waals surface area contributed by atoms with Crippen LogP contribution in [0.3, 0.4) is 0 Å². The standard InChI is InChI=1S/C7H8FN/c1-5-2-6(8)4-7(9)3-5/h2-4H,9H2,1H3/i1D3. The van der Waals surface area contributed by atoms with E-state index in [2.05, 4.69) is 0 Å². The van der Waals surface area contributed by atoms with Gasteiger partial charge in [0.25, 0.3) is 0 Å². The summed E-state index contributed by atoms with van der Waals surface area (Å²) in [7, 11) is 0. The van der Waals surface area contributed by atoms with Crippen LogP contribution < -0.4 is 5.73 Å². The van der Waals surface area contributed by atoms with Crippen LogP contribution in [0.2, 0.25) is 0 Å². The number of nitrogens with two attached hydrogens (primary N) is 1. The molecule has 9 heavy (non-hydrogen) atoms. The van der Waals surface area contributed by atoms with Crippen molar-refractivity contribution in [1.29, 1.82) is 0 Å². The van der Waals surface area contributed by atoms with Crippen molar-refractivity contribution in [2.24, 2.45) is 0 Å². The Kier molecular flexibility index (Phi) is 0.730. The number of hydrogen-bond donors (Lipinski definition) is 1. The summed E-state index contributed by atoms with van der Waals surface area (Å²) < 4.78 is 33.6. The zero-order valence-corrected chi connectivity index (χ0v) is 4.69. The van der Waals surface area contributed by atoms with Gasteiger partial charge in [0.1, 0.15) is 5.82 Å². The Morgan fingerprint density at radius 1 is 1.56 bits per heavy atom. The highest BCUT2D eigenvalue weighted by atomic mass is 19.1. The molecule has 0 aromatic heterocycles. The quantitative estimate of drug-likeness (QED) is 0.529. The van der Waals surface area contributed by atoms with Gasteiger partial charge in [0.2, 0.25) is 0 Å². The highest BCUT2D eigenvalue weighted by Gasteiger charge is 1.91. The van der Waals surface area contributed by atoms with E-state index >= 15 is 0 Å². The Morgan fingerprint density at radius 3 is 2.89 bits per heavy atom. The lowest BCUT2D eigenvalue weighted by Gasteiger charge is -1.94. The van der Waals surface area contributed by atoms with Gasteiger partial charge in [-0.2, -0.15) is 0 Å². The largest absolute Gasteiger partial charge is 0.399 e. The van der Waals surface area contributed by atoms with Gasteiger partial charge in [0.05, 0.1) is 0 Å². The fourth-order valence-corrected chi connectivity index (χ4v) is 0.612. The summed E-state index contributed by atoms with van der Waals surface area (Å²) >= 11 is 0. The second-order valence-corrected chi connectivity index (χ2v) is 1.77. The molecule has 0 fully saturated rings. The zero-order valence-electron chi connectivity index (χ0n) is 7.69. The average molecular weight is 128 g/mol. The molecular weight excluding hydrogens is 117 g/mol. The summed E-state index contributed by atoms with van der Waals surface area (Å²) in [6, 6.07) is 3.29. The van der Waals surface area contributed by atoms with Crippen LogP contribution in [-0.4, -0.2) is 0 Å². The molecule has 0 bridgehead atoms. The Bertz CT molecular complexity index is 275. The van der Waals surface area contributed by atoms with Crippen molar-refractivity contribution in [3.63, 3.8) is 0 Å². The van der Waals surface area contributed by atoms with Crippen LogP contribution in [-0.2, 0) is 0 Å². The minimum Gasteiger partial charge on any atom is -0.399 e. The predicted molar refractivity (Wildman–Crippen MR) is 35.5 cm³/mol. The minimum absolute atomic E-state index is 0.0694. The van der Waals surface area contributed by atoms with Crippen molar-refractivity contribution in [3.05, 3.63) is 29.6 Å². The van der Waals surface area contributed by atoms with E-state index < -0.39 is 12.7 Å². The fraction of sp³-hybridized carbons (Fsp3) is 0.143. The number of halogens is 1. The summed E-state index contributed by atoms with van der Waals surface area (Å²) in [5.74, 6) is -0.624. The van der Waals surface area contributed by atoms with Gasteiger partial charge in [-0.1, -0.05) is 0 Å². The number of benzene rings is 1. The van der Waals surface area contributed by atoms with Gasteiger partial charge in [0, 0.05) is 9.80 Å². The molecule has 0 aliphatic heterocycles. The molecule has 48 valence electrons. The van der Waals surface area contributed by atoms with E-state index in [1.807, 2.05) is 0 Å². The molecule has 2 N–H and O–H groups in total. The normalized spacial score (nSPS) is 15.9. The molecule has 0 atom stereocenters. The van der Waals surface area contributed by atoms with Crippen LogP contribution in [0, 0.1) is 12.7 Å². The summed E-state index contributed by atoms with van der Waals surface area (Å²) in [4.78, 5) is 0. The summed E-state index contributed by atoms with van der Waals surface area (Å²) in [6.45, 7) is -2.30. The van der Waals surface area contributed by atoms with E-state index in [-0.39, 0.29) is 11.3 Å².